The largest absolute Gasteiger partial charge is 0.472 e. The van der Waals surface area contributed by atoms with Gasteiger partial charge in [-0.3, -0.25) is 13.8 Å². The Morgan fingerprint density at radius 1 is 0.407 bits per heavy atom. The fraction of sp³-hybridized carbons (Fsp3) is 0.805. The zero-order chi connectivity index (χ0) is 62.6. The predicted molar refractivity (Wildman–Crippen MR) is 378 cm³/mol. The molecular formula is C77H144N2O6P+. The van der Waals surface area contributed by atoms with Crippen LogP contribution in [0.2, 0.25) is 0 Å². The van der Waals surface area contributed by atoms with Gasteiger partial charge in [0.05, 0.1) is 39.9 Å². The third kappa shape index (κ3) is 69.2. The van der Waals surface area contributed by atoms with Crippen LogP contribution in [-0.4, -0.2) is 73.4 Å². The molecule has 8 nitrogen and oxygen atoms in total. The Morgan fingerprint density at radius 3 is 1.07 bits per heavy atom. The minimum atomic E-state index is -4.37. The number of allylic oxidation sites excluding steroid dienone is 13. The average Bonchev–Trinajstić information content (AvgIpc) is 3.70. The van der Waals surface area contributed by atoms with Gasteiger partial charge in [0.2, 0.25) is 5.91 Å². The molecule has 0 bridgehead atoms. The second kappa shape index (κ2) is 67.1. The maximum atomic E-state index is 13.1. The third-order valence-corrected chi connectivity index (χ3v) is 17.6. The van der Waals surface area contributed by atoms with Gasteiger partial charge in [-0.15, -0.1) is 0 Å². The van der Waals surface area contributed by atoms with Gasteiger partial charge in [-0.1, -0.05) is 349 Å². The van der Waals surface area contributed by atoms with Gasteiger partial charge in [0, 0.05) is 6.42 Å². The number of carbonyl (C=O) groups is 1. The van der Waals surface area contributed by atoms with Gasteiger partial charge in [-0.05, 0) is 77.0 Å². The van der Waals surface area contributed by atoms with Crippen LogP contribution in [0, 0.1) is 0 Å². The van der Waals surface area contributed by atoms with E-state index < -0.39 is 20.0 Å². The highest BCUT2D eigenvalue weighted by molar-refractivity contribution is 7.47. The van der Waals surface area contributed by atoms with Crippen LogP contribution in [0.5, 0.6) is 0 Å². The van der Waals surface area contributed by atoms with Crippen LogP contribution in [0.25, 0.3) is 0 Å². The first-order chi connectivity index (χ1) is 42.0. The van der Waals surface area contributed by atoms with Crippen molar-refractivity contribution in [2.45, 2.75) is 360 Å². The van der Waals surface area contributed by atoms with Crippen LogP contribution in [0.3, 0.4) is 0 Å². The monoisotopic (exact) mass is 1220 g/mol. The summed E-state index contributed by atoms with van der Waals surface area (Å²) in [7, 11) is 1.56. The molecule has 0 saturated carbocycles. The summed E-state index contributed by atoms with van der Waals surface area (Å²) in [4.78, 5) is 23.4. The number of quaternary nitrogens is 1. The molecule has 502 valence electrons. The predicted octanol–water partition coefficient (Wildman–Crippen LogP) is 23.9. The molecule has 0 rings (SSSR count). The van der Waals surface area contributed by atoms with Crippen LogP contribution in [0.1, 0.15) is 348 Å². The molecule has 1 amide bonds. The van der Waals surface area contributed by atoms with Gasteiger partial charge >= 0.3 is 7.82 Å². The number of amides is 1. The fourth-order valence-corrected chi connectivity index (χ4v) is 11.6. The molecule has 86 heavy (non-hydrogen) atoms. The number of carbonyl (C=O) groups excluding carboxylic acids is 1. The second-order valence-electron chi connectivity index (χ2n) is 26.3. The van der Waals surface area contributed by atoms with E-state index in [1.165, 1.54) is 257 Å². The van der Waals surface area contributed by atoms with Crippen molar-refractivity contribution in [3.05, 3.63) is 85.1 Å². The molecule has 0 spiro atoms. The number of aliphatic hydroxyl groups is 1. The summed E-state index contributed by atoms with van der Waals surface area (Å²) in [6.07, 6.45) is 96.1. The second-order valence-corrected chi connectivity index (χ2v) is 27.7. The first kappa shape index (κ1) is 83.7. The number of nitrogens with one attached hydrogen (secondary N) is 1. The molecule has 0 aromatic rings. The van der Waals surface area contributed by atoms with Crippen LogP contribution in [-0.2, 0) is 18.4 Å². The Bertz CT molecular complexity index is 1680. The van der Waals surface area contributed by atoms with Crippen molar-refractivity contribution in [3.8, 4) is 0 Å². The van der Waals surface area contributed by atoms with E-state index in [0.717, 1.165) is 70.6 Å². The number of likely N-dealkylation sites (N-methyl/N-ethyl adjacent to an activating group) is 1. The molecule has 0 radical (unpaired) electrons. The van der Waals surface area contributed by atoms with Crippen molar-refractivity contribution in [2.24, 2.45) is 0 Å². The molecule has 0 saturated heterocycles. The summed E-state index contributed by atoms with van der Waals surface area (Å²) in [5.41, 5.74) is 0. The molecule has 0 heterocycles. The number of aliphatic hydroxyl groups excluding tert-OH is 1. The first-order valence-corrected chi connectivity index (χ1v) is 38.5. The third-order valence-electron chi connectivity index (χ3n) is 16.6. The number of unbranched alkanes of at least 4 members (excludes halogenated alkanes) is 43. The Hall–Kier alpha value is -2.32. The van der Waals surface area contributed by atoms with Crippen LogP contribution < -0.4 is 5.32 Å². The van der Waals surface area contributed by atoms with Gasteiger partial charge in [0.15, 0.2) is 0 Å². The van der Waals surface area contributed by atoms with Crippen LogP contribution in [0.15, 0.2) is 85.1 Å². The first-order valence-electron chi connectivity index (χ1n) is 37.0. The summed E-state index contributed by atoms with van der Waals surface area (Å²) < 4.78 is 23.8. The van der Waals surface area contributed by atoms with Gasteiger partial charge in [0.25, 0.3) is 0 Å². The molecule has 3 atom stereocenters. The molecule has 0 aliphatic rings. The molecule has 0 aromatic carbocycles. The summed E-state index contributed by atoms with van der Waals surface area (Å²) >= 11 is 0. The lowest BCUT2D eigenvalue weighted by atomic mass is 10.0. The van der Waals surface area contributed by atoms with E-state index in [2.05, 4.69) is 92.1 Å². The zero-order valence-corrected chi connectivity index (χ0v) is 58.4. The molecule has 0 aromatic heterocycles. The molecule has 0 fully saturated rings. The standard InChI is InChI=1S/C77H143N2O6P/c1-6-8-10-12-14-16-18-20-22-24-26-28-30-32-34-35-36-37-38-39-40-41-42-43-45-47-49-51-53-55-57-59-61-63-65-67-69-71-77(81)78-75(74-85-86(82,83)84-73-72-79(3,4)5)76(80)70-68-66-64-62-60-58-56-54-52-50-48-46-44-33-31-29-27-25-23-21-19-17-15-13-11-9-7-2/h8,10,14,16,20,22,26,28,32,34,60,62,68,70,75-76,80H,6-7,9,11-13,15,17-19,21,23-25,27,29-31,33,35-59,61,63-67,69,71-74H2,1-5H3,(H-,78,81,82,83)/p+1/b10-8-,16-14-,22-20-,28-26-,34-32-,62-60+,70-68+. The number of hydrogen-bond donors (Lipinski definition) is 3. The average molecular weight is 1220 g/mol. The SMILES string of the molecule is CC/C=C\C/C=C\C/C=C\C/C=C\C/C=C\CCCCCCCCCCCCCCCCCCCCCCCC(=O)NC(COP(=O)(O)OCC[N+](C)(C)C)C(O)/C=C/CC/C=C/CCCCCCCCCCCCCCCCCCCCCCC. The summed E-state index contributed by atoms with van der Waals surface area (Å²) in [5.74, 6) is -0.182. The van der Waals surface area contributed by atoms with E-state index in [0.29, 0.717) is 17.4 Å². The Labute approximate surface area is 535 Å². The number of hydrogen-bond acceptors (Lipinski definition) is 5. The number of phosphoric ester groups is 1. The normalized spacial score (nSPS) is 14.1. The van der Waals surface area contributed by atoms with Crippen molar-refractivity contribution < 1.29 is 32.9 Å². The summed E-state index contributed by atoms with van der Waals surface area (Å²) in [6.45, 7) is 4.72. The lowest BCUT2D eigenvalue weighted by Crippen LogP contribution is -2.45. The van der Waals surface area contributed by atoms with Gasteiger partial charge in [-0.25, -0.2) is 4.57 Å². The van der Waals surface area contributed by atoms with Gasteiger partial charge in [0.1, 0.15) is 13.2 Å². The molecule has 0 aliphatic heterocycles. The lowest BCUT2D eigenvalue weighted by molar-refractivity contribution is -0.870. The van der Waals surface area contributed by atoms with Crippen molar-refractivity contribution in [3.63, 3.8) is 0 Å². The fourth-order valence-electron chi connectivity index (χ4n) is 10.9. The molecular weight excluding hydrogens is 1080 g/mol. The maximum Gasteiger partial charge on any atom is 0.472 e. The van der Waals surface area contributed by atoms with E-state index in [9.17, 15) is 19.4 Å². The molecule has 3 unspecified atom stereocenters. The maximum absolute atomic E-state index is 13.1. The van der Waals surface area contributed by atoms with Crippen LogP contribution >= 0.6 is 7.82 Å². The van der Waals surface area contributed by atoms with E-state index >= 15 is 0 Å². The van der Waals surface area contributed by atoms with Crippen molar-refractivity contribution in [1.82, 2.24) is 5.32 Å². The van der Waals surface area contributed by atoms with Crippen molar-refractivity contribution in [2.75, 3.05) is 40.9 Å². The van der Waals surface area contributed by atoms with E-state index in [1.54, 1.807) is 6.08 Å². The van der Waals surface area contributed by atoms with Gasteiger partial charge < -0.3 is 19.8 Å². The minimum Gasteiger partial charge on any atom is -0.387 e. The number of phosphoric acid groups is 1. The van der Waals surface area contributed by atoms with Gasteiger partial charge in [-0.2, -0.15) is 0 Å². The van der Waals surface area contributed by atoms with E-state index in [1.807, 2.05) is 27.2 Å². The molecule has 3 N–H and O–H groups in total. The van der Waals surface area contributed by atoms with Crippen molar-refractivity contribution >= 4 is 13.7 Å². The Kier molecular flexibility index (Phi) is 65.3. The highest BCUT2D eigenvalue weighted by Gasteiger charge is 2.28. The lowest BCUT2D eigenvalue weighted by Gasteiger charge is -2.25. The summed E-state index contributed by atoms with van der Waals surface area (Å²) in [5, 5.41) is 14.0. The number of rotatable bonds is 68. The van der Waals surface area contributed by atoms with Crippen molar-refractivity contribution in [1.29, 1.82) is 0 Å². The highest BCUT2D eigenvalue weighted by atomic mass is 31.2. The van der Waals surface area contributed by atoms with E-state index in [4.69, 9.17) is 9.05 Å². The topological polar surface area (TPSA) is 105 Å². The Balaban J connectivity index is 4.03. The molecule has 0 aliphatic carbocycles. The highest BCUT2D eigenvalue weighted by Crippen LogP contribution is 2.43. The van der Waals surface area contributed by atoms with E-state index in [-0.39, 0.29) is 19.1 Å². The molecule has 9 heteroatoms. The Morgan fingerprint density at radius 2 is 0.709 bits per heavy atom. The quantitative estimate of drug-likeness (QED) is 0.0243. The summed E-state index contributed by atoms with van der Waals surface area (Å²) in [6, 6.07) is -0.867. The number of nitrogens with zero attached hydrogens (tertiary/aromatic N) is 1. The zero-order valence-electron chi connectivity index (χ0n) is 57.6. The smallest absolute Gasteiger partial charge is 0.387 e. The van der Waals surface area contributed by atoms with Crippen LogP contribution in [0.4, 0.5) is 0 Å². The minimum absolute atomic E-state index is 0.0557.